The third kappa shape index (κ3) is 6.27. The summed E-state index contributed by atoms with van der Waals surface area (Å²) in [5.41, 5.74) is 1.13. The average Bonchev–Trinajstić information content (AvgIpc) is 2.89. The molecular weight excluding hydrogens is 446 g/mol. The van der Waals surface area contributed by atoms with Crippen molar-refractivity contribution >= 4 is 23.6 Å². The maximum Gasteiger partial charge on any atom is 0.225 e. The minimum atomic E-state index is 0.158. The first-order valence-electron chi connectivity index (χ1n) is 11.5. The van der Waals surface area contributed by atoms with E-state index in [2.05, 4.69) is 38.0 Å². The van der Waals surface area contributed by atoms with Crippen molar-refractivity contribution in [2.45, 2.75) is 22.8 Å². The molecule has 1 amide bonds. The molecule has 0 atom stereocenters. The van der Waals surface area contributed by atoms with Gasteiger partial charge in [-0.1, -0.05) is 42.1 Å². The van der Waals surface area contributed by atoms with E-state index in [0.29, 0.717) is 13.0 Å². The molecular formula is C26H31N5O2S. The lowest BCUT2D eigenvalue weighted by Crippen LogP contribution is -2.47. The maximum atomic E-state index is 12.9. The SMILES string of the molecule is COc1ccccc1Sc1ccccc1CN(C)C(=O)CCN1CCN(c2ncccn2)CC1. The van der Waals surface area contributed by atoms with Gasteiger partial charge in [-0.15, -0.1) is 0 Å². The van der Waals surface area contributed by atoms with Gasteiger partial charge in [0, 0.05) is 70.0 Å². The van der Waals surface area contributed by atoms with Crippen LogP contribution < -0.4 is 9.64 Å². The third-order valence-corrected chi connectivity index (χ3v) is 7.12. The minimum absolute atomic E-state index is 0.158. The molecule has 0 spiro atoms. The van der Waals surface area contributed by atoms with E-state index in [9.17, 15) is 4.79 Å². The van der Waals surface area contributed by atoms with E-state index in [1.54, 1.807) is 31.3 Å². The summed E-state index contributed by atoms with van der Waals surface area (Å²) in [6.07, 6.45) is 4.06. The molecule has 178 valence electrons. The van der Waals surface area contributed by atoms with Crippen molar-refractivity contribution in [3.05, 3.63) is 72.6 Å². The Balaban J connectivity index is 1.28. The molecule has 0 bridgehead atoms. The molecule has 0 N–H and O–H groups in total. The lowest BCUT2D eigenvalue weighted by molar-refractivity contribution is -0.130. The molecule has 1 saturated heterocycles. The number of anilines is 1. The second kappa shape index (κ2) is 11.9. The zero-order chi connectivity index (χ0) is 23.8. The van der Waals surface area contributed by atoms with Crippen LogP contribution in [0.5, 0.6) is 5.75 Å². The first-order chi connectivity index (χ1) is 16.6. The van der Waals surface area contributed by atoms with Gasteiger partial charge in [-0.3, -0.25) is 9.69 Å². The summed E-state index contributed by atoms with van der Waals surface area (Å²) < 4.78 is 5.50. The van der Waals surface area contributed by atoms with E-state index in [1.807, 2.05) is 48.3 Å². The molecule has 4 rings (SSSR count). The van der Waals surface area contributed by atoms with Gasteiger partial charge in [-0.25, -0.2) is 9.97 Å². The Morgan fingerprint density at radius 3 is 2.38 bits per heavy atom. The highest BCUT2D eigenvalue weighted by Gasteiger charge is 2.20. The average molecular weight is 478 g/mol. The minimum Gasteiger partial charge on any atom is -0.496 e. The summed E-state index contributed by atoms with van der Waals surface area (Å²) in [5, 5.41) is 0. The summed E-state index contributed by atoms with van der Waals surface area (Å²) in [6, 6.07) is 18.1. The summed E-state index contributed by atoms with van der Waals surface area (Å²) in [7, 11) is 3.57. The molecule has 1 fully saturated rings. The molecule has 2 heterocycles. The fourth-order valence-corrected chi connectivity index (χ4v) is 5.02. The number of para-hydroxylation sites is 1. The van der Waals surface area contributed by atoms with Crippen LogP contribution in [0.3, 0.4) is 0 Å². The highest BCUT2D eigenvalue weighted by molar-refractivity contribution is 7.99. The first-order valence-corrected chi connectivity index (χ1v) is 12.3. The number of carbonyl (C=O) groups is 1. The zero-order valence-corrected chi connectivity index (χ0v) is 20.6. The van der Waals surface area contributed by atoms with E-state index in [0.717, 1.165) is 59.8 Å². The Morgan fingerprint density at radius 2 is 1.65 bits per heavy atom. The van der Waals surface area contributed by atoms with Crippen molar-refractivity contribution in [3.8, 4) is 5.75 Å². The predicted molar refractivity (Wildman–Crippen MR) is 135 cm³/mol. The summed E-state index contributed by atoms with van der Waals surface area (Å²) in [5.74, 6) is 1.79. The normalized spacial score (nSPS) is 14.1. The molecule has 1 aromatic heterocycles. The van der Waals surface area contributed by atoms with Crippen molar-refractivity contribution in [2.24, 2.45) is 0 Å². The molecule has 7 nitrogen and oxygen atoms in total. The maximum absolute atomic E-state index is 12.9. The van der Waals surface area contributed by atoms with Gasteiger partial charge in [0.15, 0.2) is 0 Å². The van der Waals surface area contributed by atoms with Gasteiger partial charge < -0.3 is 14.5 Å². The van der Waals surface area contributed by atoms with Gasteiger partial charge in [-0.05, 0) is 29.8 Å². The number of amides is 1. The topological polar surface area (TPSA) is 61.8 Å². The van der Waals surface area contributed by atoms with Crippen LogP contribution in [0.15, 0.2) is 76.8 Å². The van der Waals surface area contributed by atoms with E-state index in [4.69, 9.17) is 4.74 Å². The number of hydrogen-bond donors (Lipinski definition) is 0. The number of hydrogen-bond acceptors (Lipinski definition) is 7. The second-order valence-electron chi connectivity index (χ2n) is 8.24. The Morgan fingerprint density at radius 1 is 0.971 bits per heavy atom. The van der Waals surface area contributed by atoms with E-state index in [-0.39, 0.29) is 5.91 Å². The fourth-order valence-electron chi connectivity index (χ4n) is 3.97. The fraction of sp³-hybridized carbons (Fsp3) is 0.346. The highest BCUT2D eigenvalue weighted by atomic mass is 32.2. The number of methoxy groups -OCH3 is 1. The molecule has 3 aromatic rings. The van der Waals surface area contributed by atoms with Crippen LogP contribution >= 0.6 is 11.8 Å². The lowest BCUT2D eigenvalue weighted by Gasteiger charge is -2.34. The summed E-state index contributed by atoms with van der Waals surface area (Å²) in [4.78, 5) is 30.1. The third-order valence-electron chi connectivity index (χ3n) is 5.94. The van der Waals surface area contributed by atoms with Gasteiger partial charge in [0.1, 0.15) is 5.75 Å². The molecule has 1 aliphatic rings. The van der Waals surface area contributed by atoms with Crippen molar-refractivity contribution in [1.82, 2.24) is 19.8 Å². The zero-order valence-electron chi connectivity index (χ0n) is 19.8. The number of piperazine rings is 1. The molecule has 34 heavy (non-hydrogen) atoms. The number of aromatic nitrogens is 2. The number of ether oxygens (including phenoxy) is 1. The van der Waals surface area contributed by atoms with Crippen molar-refractivity contribution in [2.75, 3.05) is 51.8 Å². The van der Waals surface area contributed by atoms with Crippen LogP contribution in [0, 0.1) is 0 Å². The Labute approximate surface area is 205 Å². The van der Waals surface area contributed by atoms with E-state index in [1.165, 1.54) is 0 Å². The van der Waals surface area contributed by atoms with Crippen molar-refractivity contribution in [1.29, 1.82) is 0 Å². The van der Waals surface area contributed by atoms with Crippen LogP contribution in [0.25, 0.3) is 0 Å². The molecule has 0 unspecified atom stereocenters. The monoisotopic (exact) mass is 477 g/mol. The molecule has 0 radical (unpaired) electrons. The van der Waals surface area contributed by atoms with Gasteiger partial charge in [-0.2, -0.15) is 0 Å². The first kappa shape index (κ1) is 24.0. The largest absolute Gasteiger partial charge is 0.496 e. The van der Waals surface area contributed by atoms with Gasteiger partial charge in [0.2, 0.25) is 11.9 Å². The Hall–Kier alpha value is -3.10. The molecule has 0 aliphatic carbocycles. The standard InChI is InChI=1S/C26H31N5O2S/c1-29(20-21-8-3-5-10-23(21)34-24-11-6-4-9-22(24)33-2)25(32)12-15-30-16-18-31(19-17-30)26-27-13-7-14-28-26/h3-11,13-14H,12,15-20H2,1-2H3. The van der Waals surface area contributed by atoms with Gasteiger partial charge in [0.05, 0.1) is 12.0 Å². The Bertz CT molecular complexity index is 1070. The summed E-state index contributed by atoms with van der Waals surface area (Å²) in [6.45, 7) is 4.92. The van der Waals surface area contributed by atoms with Gasteiger partial charge >= 0.3 is 0 Å². The highest BCUT2D eigenvalue weighted by Crippen LogP contribution is 2.36. The van der Waals surface area contributed by atoms with Crippen LogP contribution in [-0.2, 0) is 11.3 Å². The second-order valence-corrected chi connectivity index (χ2v) is 9.32. The number of rotatable bonds is 9. The molecule has 1 aliphatic heterocycles. The smallest absolute Gasteiger partial charge is 0.225 e. The van der Waals surface area contributed by atoms with Crippen molar-refractivity contribution in [3.63, 3.8) is 0 Å². The molecule has 2 aromatic carbocycles. The quantitative estimate of drug-likeness (QED) is 0.464. The number of carbonyl (C=O) groups excluding carboxylic acids is 1. The summed E-state index contributed by atoms with van der Waals surface area (Å²) >= 11 is 1.67. The van der Waals surface area contributed by atoms with Crippen molar-refractivity contribution < 1.29 is 9.53 Å². The lowest BCUT2D eigenvalue weighted by atomic mass is 10.2. The van der Waals surface area contributed by atoms with Crippen LogP contribution in [0.4, 0.5) is 5.95 Å². The van der Waals surface area contributed by atoms with Crippen LogP contribution in [0.2, 0.25) is 0 Å². The van der Waals surface area contributed by atoms with Crippen LogP contribution in [0.1, 0.15) is 12.0 Å². The number of nitrogens with zero attached hydrogens (tertiary/aromatic N) is 5. The van der Waals surface area contributed by atoms with E-state index < -0.39 is 0 Å². The Kier molecular flexibility index (Phi) is 8.38. The molecule has 0 saturated carbocycles. The predicted octanol–water partition coefficient (Wildman–Crippen LogP) is 3.81. The van der Waals surface area contributed by atoms with Crippen LogP contribution in [-0.4, -0.2) is 72.6 Å². The van der Waals surface area contributed by atoms with E-state index >= 15 is 0 Å². The molecule has 8 heteroatoms. The van der Waals surface area contributed by atoms with Gasteiger partial charge in [0.25, 0.3) is 0 Å². The number of benzene rings is 2.